The van der Waals surface area contributed by atoms with Gasteiger partial charge in [0.2, 0.25) is 0 Å². The molecule has 2 aromatic heterocycles. The summed E-state index contributed by atoms with van der Waals surface area (Å²) >= 11 is 0. The van der Waals surface area contributed by atoms with Gasteiger partial charge in [-0.15, -0.1) is 0 Å². The van der Waals surface area contributed by atoms with Crippen LogP contribution in [0.15, 0.2) is 65.3 Å². The SMILES string of the molecule is O=Cc1ccc(-c2ccc(NC(=O)c3cccnc3)cc2)o1. The van der Waals surface area contributed by atoms with Crippen molar-refractivity contribution in [1.29, 1.82) is 0 Å². The van der Waals surface area contributed by atoms with E-state index in [0.717, 1.165) is 5.56 Å². The smallest absolute Gasteiger partial charge is 0.257 e. The van der Waals surface area contributed by atoms with Crippen molar-refractivity contribution in [3.05, 3.63) is 72.2 Å². The van der Waals surface area contributed by atoms with E-state index in [4.69, 9.17) is 4.42 Å². The molecule has 0 fully saturated rings. The number of nitrogens with zero attached hydrogens (tertiary/aromatic N) is 1. The standard InChI is InChI=1S/C17H12N2O3/c20-11-15-7-8-16(22-15)12-3-5-14(6-4-12)19-17(21)13-2-1-9-18-10-13/h1-11H,(H,19,21). The molecule has 3 aromatic rings. The molecule has 0 aliphatic carbocycles. The molecule has 5 heteroatoms. The zero-order valence-corrected chi connectivity index (χ0v) is 11.5. The summed E-state index contributed by atoms with van der Waals surface area (Å²) in [6, 6.07) is 13.9. The van der Waals surface area contributed by atoms with Crippen molar-refractivity contribution in [3.63, 3.8) is 0 Å². The third-order valence-corrected chi connectivity index (χ3v) is 3.09. The minimum absolute atomic E-state index is 0.220. The van der Waals surface area contributed by atoms with E-state index in [2.05, 4.69) is 10.3 Å². The van der Waals surface area contributed by atoms with Crippen molar-refractivity contribution in [1.82, 2.24) is 4.98 Å². The van der Waals surface area contributed by atoms with E-state index >= 15 is 0 Å². The van der Waals surface area contributed by atoms with Crippen LogP contribution < -0.4 is 5.32 Å². The monoisotopic (exact) mass is 292 g/mol. The van der Waals surface area contributed by atoms with Gasteiger partial charge in [0.25, 0.3) is 5.91 Å². The summed E-state index contributed by atoms with van der Waals surface area (Å²) in [5.41, 5.74) is 1.99. The molecule has 1 amide bonds. The van der Waals surface area contributed by atoms with Gasteiger partial charge in [0.15, 0.2) is 12.0 Å². The van der Waals surface area contributed by atoms with Crippen LogP contribution in [0.4, 0.5) is 5.69 Å². The van der Waals surface area contributed by atoms with Gasteiger partial charge in [-0.2, -0.15) is 0 Å². The number of aldehydes is 1. The van der Waals surface area contributed by atoms with Crippen LogP contribution in [-0.4, -0.2) is 17.2 Å². The van der Waals surface area contributed by atoms with Crippen LogP contribution in [0.2, 0.25) is 0 Å². The van der Waals surface area contributed by atoms with Gasteiger partial charge < -0.3 is 9.73 Å². The number of furan rings is 1. The van der Waals surface area contributed by atoms with Crippen LogP contribution in [0.3, 0.4) is 0 Å². The Morgan fingerprint density at radius 2 is 1.91 bits per heavy atom. The second kappa shape index (κ2) is 6.05. The first kappa shape index (κ1) is 13.8. The summed E-state index contributed by atoms with van der Waals surface area (Å²) in [5.74, 6) is 0.665. The molecule has 0 atom stereocenters. The van der Waals surface area contributed by atoms with Gasteiger partial charge in [0.05, 0.1) is 5.56 Å². The molecule has 0 saturated carbocycles. The first-order valence-corrected chi connectivity index (χ1v) is 6.63. The summed E-state index contributed by atoms with van der Waals surface area (Å²) < 4.78 is 5.35. The van der Waals surface area contributed by atoms with E-state index in [1.807, 2.05) is 12.1 Å². The van der Waals surface area contributed by atoms with Crippen LogP contribution in [0.5, 0.6) is 0 Å². The fourth-order valence-corrected chi connectivity index (χ4v) is 1.99. The normalized spacial score (nSPS) is 10.2. The molecule has 0 aliphatic rings. The van der Waals surface area contributed by atoms with Crippen molar-refractivity contribution < 1.29 is 14.0 Å². The second-order valence-electron chi connectivity index (χ2n) is 4.59. The average molecular weight is 292 g/mol. The van der Waals surface area contributed by atoms with Crippen LogP contribution >= 0.6 is 0 Å². The van der Waals surface area contributed by atoms with Crippen LogP contribution in [-0.2, 0) is 0 Å². The average Bonchev–Trinajstić information content (AvgIpc) is 3.05. The molecule has 0 radical (unpaired) electrons. The molecule has 0 unspecified atom stereocenters. The van der Waals surface area contributed by atoms with Crippen molar-refractivity contribution in [2.24, 2.45) is 0 Å². The van der Waals surface area contributed by atoms with Gasteiger partial charge in [-0.3, -0.25) is 14.6 Å². The number of hydrogen-bond donors (Lipinski definition) is 1. The molecule has 0 saturated heterocycles. The van der Waals surface area contributed by atoms with Gasteiger partial charge in [-0.05, 0) is 48.5 Å². The van der Waals surface area contributed by atoms with Crippen molar-refractivity contribution in [3.8, 4) is 11.3 Å². The molecule has 1 aromatic carbocycles. The van der Waals surface area contributed by atoms with E-state index < -0.39 is 0 Å². The van der Waals surface area contributed by atoms with Crippen LogP contribution in [0.1, 0.15) is 20.9 Å². The van der Waals surface area contributed by atoms with Crippen LogP contribution in [0.25, 0.3) is 11.3 Å². The number of benzene rings is 1. The fraction of sp³-hybridized carbons (Fsp3) is 0. The minimum Gasteiger partial charge on any atom is -0.453 e. The maximum Gasteiger partial charge on any atom is 0.257 e. The third kappa shape index (κ3) is 2.93. The minimum atomic E-state index is -0.220. The van der Waals surface area contributed by atoms with Crippen molar-refractivity contribution >= 4 is 17.9 Å². The molecule has 2 heterocycles. The highest BCUT2D eigenvalue weighted by Gasteiger charge is 2.07. The third-order valence-electron chi connectivity index (χ3n) is 3.09. The number of pyridine rings is 1. The number of amides is 1. The van der Waals surface area contributed by atoms with E-state index in [0.29, 0.717) is 23.3 Å². The lowest BCUT2D eigenvalue weighted by atomic mass is 10.1. The molecule has 0 bridgehead atoms. The number of rotatable bonds is 4. The molecule has 5 nitrogen and oxygen atoms in total. The second-order valence-corrected chi connectivity index (χ2v) is 4.59. The number of carbonyl (C=O) groups is 2. The number of hydrogen-bond acceptors (Lipinski definition) is 4. The van der Waals surface area contributed by atoms with Gasteiger partial charge in [-0.1, -0.05) is 0 Å². The highest BCUT2D eigenvalue weighted by Crippen LogP contribution is 2.23. The summed E-state index contributed by atoms with van der Waals surface area (Å²) in [5, 5.41) is 2.79. The van der Waals surface area contributed by atoms with Crippen molar-refractivity contribution in [2.45, 2.75) is 0 Å². The molecule has 108 valence electrons. The van der Waals surface area contributed by atoms with Crippen molar-refractivity contribution in [2.75, 3.05) is 5.32 Å². The molecule has 3 rings (SSSR count). The predicted molar refractivity (Wildman–Crippen MR) is 81.7 cm³/mol. The molecule has 0 spiro atoms. The maximum absolute atomic E-state index is 12.0. The topological polar surface area (TPSA) is 72.2 Å². The predicted octanol–water partition coefficient (Wildman–Crippen LogP) is 3.41. The summed E-state index contributed by atoms with van der Waals surface area (Å²) in [6.45, 7) is 0. The first-order valence-electron chi connectivity index (χ1n) is 6.63. The highest BCUT2D eigenvalue weighted by molar-refractivity contribution is 6.04. The quantitative estimate of drug-likeness (QED) is 0.748. The van der Waals surface area contributed by atoms with Gasteiger partial charge >= 0.3 is 0 Å². The lowest BCUT2D eigenvalue weighted by Crippen LogP contribution is -2.11. The molecule has 0 aliphatic heterocycles. The molecule has 1 N–H and O–H groups in total. The Hall–Kier alpha value is -3.21. The number of carbonyl (C=O) groups excluding carboxylic acids is 2. The Morgan fingerprint density at radius 3 is 2.55 bits per heavy atom. The van der Waals surface area contributed by atoms with Gasteiger partial charge in [0.1, 0.15) is 5.76 Å². The lowest BCUT2D eigenvalue weighted by molar-refractivity contribution is 0.102. The highest BCUT2D eigenvalue weighted by atomic mass is 16.3. The Morgan fingerprint density at radius 1 is 1.09 bits per heavy atom. The maximum atomic E-state index is 12.0. The molecule has 22 heavy (non-hydrogen) atoms. The largest absolute Gasteiger partial charge is 0.453 e. The Kier molecular flexibility index (Phi) is 3.78. The van der Waals surface area contributed by atoms with E-state index in [1.165, 1.54) is 6.20 Å². The van der Waals surface area contributed by atoms with Gasteiger partial charge in [0, 0.05) is 23.6 Å². The Bertz CT molecular complexity index is 792. The Balaban J connectivity index is 1.74. The zero-order valence-electron chi connectivity index (χ0n) is 11.5. The zero-order chi connectivity index (χ0) is 15.4. The summed E-state index contributed by atoms with van der Waals surface area (Å²) in [6.07, 6.45) is 3.78. The van der Waals surface area contributed by atoms with Crippen LogP contribution in [0, 0.1) is 0 Å². The number of nitrogens with one attached hydrogen (secondary N) is 1. The fourth-order valence-electron chi connectivity index (χ4n) is 1.99. The van der Waals surface area contributed by atoms with E-state index in [-0.39, 0.29) is 11.7 Å². The molecular formula is C17H12N2O3. The lowest BCUT2D eigenvalue weighted by Gasteiger charge is -2.05. The van der Waals surface area contributed by atoms with E-state index in [1.54, 1.807) is 42.6 Å². The Labute approximate surface area is 126 Å². The van der Waals surface area contributed by atoms with Gasteiger partial charge in [-0.25, -0.2) is 0 Å². The number of anilines is 1. The van der Waals surface area contributed by atoms with E-state index in [9.17, 15) is 9.59 Å². The summed E-state index contributed by atoms with van der Waals surface area (Å²) in [4.78, 5) is 26.5. The molecular weight excluding hydrogens is 280 g/mol. The number of aromatic nitrogens is 1. The first-order chi connectivity index (χ1) is 10.8. The summed E-state index contributed by atoms with van der Waals surface area (Å²) in [7, 11) is 0.